The maximum absolute atomic E-state index is 11.3. The zero-order chi connectivity index (χ0) is 15.4. The van der Waals surface area contributed by atoms with Crippen LogP contribution in [0.4, 0.5) is 0 Å². The molecule has 0 bridgehead atoms. The summed E-state index contributed by atoms with van der Waals surface area (Å²) in [7, 11) is 0. The third kappa shape index (κ3) is 7.42. The maximum atomic E-state index is 11.3. The first-order valence-corrected chi connectivity index (χ1v) is 7.14. The van der Waals surface area contributed by atoms with Crippen molar-refractivity contribution in [1.29, 1.82) is 0 Å². The second-order valence-electron chi connectivity index (χ2n) is 4.76. The fourth-order valence-corrected chi connectivity index (χ4v) is 2.15. The van der Waals surface area contributed by atoms with Crippen LogP contribution in [0.1, 0.15) is 46.0 Å². The number of nitrogens with zero attached hydrogens (tertiary/aromatic N) is 1. The van der Waals surface area contributed by atoms with Gasteiger partial charge < -0.3 is 14.6 Å². The van der Waals surface area contributed by atoms with Gasteiger partial charge in [0, 0.05) is 0 Å². The highest BCUT2D eigenvalue weighted by Gasteiger charge is 2.28. The normalized spacial score (nSPS) is 10.9. The smallest absolute Gasteiger partial charge is 0.338 e. The summed E-state index contributed by atoms with van der Waals surface area (Å²) in [6.45, 7) is 7.37. The van der Waals surface area contributed by atoms with Crippen molar-refractivity contribution >= 4 is 11.9 Å². The van der Waals surface area contributed by atoms with Crippen LogP contribution < -0.4 is 11.8 Å². The second kappa shape index (κ2) is 11.6. The summed E-state index contributed by atoms with van der Waals surface area (Å²) in [5, 5.41) is 0. The molecule has 0 unspecified atom stereocenters. The van der Waals surface area contributed by atoms with Gasteiger partial charge in [0.15, 0.2) is 5.92 Å². The summed E-state index contributed by atoms with van der Waals surface area (Å²) in [6.07, 6.45) is 4.16. The Labute approximate surface area is 120 Å². The van der Waals surface area contributed by atoms with Crippen LogP contribution in [0, 0.1) is 5.92 Å². The van der Waals surface area contributed by atoms with Crippen LogP contribution in [0.15, 0.2) is 0 Å². The Kier molecular flexibility index (Phi) is 10.9. The molecular weight excluding hydrogens is 262 g/mol. The molecule has 0 saturated carbocycles. The van der Waals surface area contributed by atoms with E-state index in [0.717, 1.165) is 38.9 Å². The molecule has 0 spiro atoms. The van der Waals surface area contributed by atoms with Crippen LogP contribution in [0.3, 0.4) is 0 Å². The Morgan fingerprint density at radius 3 is 1.85 bits per heavy atom. The highest BCUT2D eigenvalue weighted by molar-refractivity contribution is 5.94. The average Bonchev–Trinajstić information content (AvgIpc) is 2.46. The molecule has 118 valence electrons. The minimum absolute atomic E-state index is 0.332. The molecule has 0 aliphatic heterocycles. The third-order valence-corrected chi connectivity index (χ3v) is 3.10. The van der Waals surface area contributed by atoms with E-state index in [2.05, 4.69) is 28.4 Å². The Morgan fingerprint density at radius 1 is 0.950 bits per heavy atom. The average molecular weight is 289 g/mol. The van der Waals surface area contributed by atoms with Gasteiger partial charge in [0.1, 0.15) is 0 Å². The van der Waals surface area contributed by atoms with Crippen LogP contribution in [0.5, 0.6) is 0 Å². The SMILES string of the molecule is CCCN(CCC)CCCCC(C(=O)ON)C(=O)ON. The molecule has 0 aromatic heterocycles. The zero-order valence-electron chi connectivity index (χ0n) is 12.5. The molecular formula is C13H27N3O4. The van der Waals surface area contributed by atoms with Crippen molar-refractivity contribution < 1.29 is 19.3 Å². The van der Waals surface area contributed by atoms with Crippen molar-refractivity contribution in [3.8, 4) is 0 Å². The Bertz CT molecular complexity index is 265. The lowest BCUT2D eigenvalue weighted by Crippen LogP contribution is -2.31. The van der Waals surface area contributed by atoms with Gasteiger partial charge in [-0.15, -0.1) is 0 Å². The van der Waals surface area contributed by atoms with Crippen molar-refractivity contribution in [2.75, 3.05) is 19.6 Å². The molecule has 0 aromatic carbocycles. The van der Waals surface area contributed by atoms with E-state index in [1.165, 1.54) is 0 Å². The Balaban J connectivity index is 4.10. The fourth-order valence-electron chi connectivity index (χ4n) is 2.15. The first kappa shape index (κ1) is 18.8. The van der Waals surface area contributed by atoms with Crippen molar-refractivity contribution in [2.24, 2.45) is 17.7 Å². The highest BCUT2D eigenvalue weighted by atomic mass is 16.7. The number of unbranched alkanes of at least 4 members (excludes halogenated alkanes) is 1. The van der Waals surface area contributed by atoms with Crippen molar-refractivity contribution in [3.63, 3.8) is 0 Å². The summed E-state index contributed by atoms with van der Waals surface area (Å²) in [6, 6.07) is 0. The van der Waals surface area contributed by atoms with Gasteiger partial charge in [0.2, 0.25) is 0 Å². The molecule has 0 aliphatic rings. The highest BCUT2D eigenvalue weighted by Crippen LogP contribution is 2.12. The summed E-state index contributed by atoms with van der Waals surface area (Å²) in [5.41, 5.74) is 0. The third-order valence-electron chi connectivity index (χ3n) is 3.10. The van der Waals surface area contributed by atoms with Crippen molar-refractivity contribution in [2.45, 2.75) is 46.0 Å². The molecule has 0 aliphatic carbocycles. The lowest BCUT2D eigenvalue weighted by molar-refractivity contribution is -0.163. The number of nitrogens with two attached hydrogens (primary N) is 2. The maximum Gasteiger partial charge on any atom is 0.338 e. The van der Waals surface area contributed by atoms with Gasteiger partial charge in [-0.05, 0) is 45.3 Å². The van der Waals surface area contributed by atoms with Crippen LogP contribution in [-0.4, -0.2) is 36.5 Å². The fraction of sp³-hybridized carbons (Fsp3) is 0.846. The van der Waals surface area contributed by atoms with Gasteiger partial charge in [-0.2, -0.15) is 11.8 Å². The van der Waals surface area contributed by atoms with E-state index in [9.17, 15) is 9.59 Å². The van der Waals surface area contributed by atoms with E-state index >= 15 is 0 Å². The molecule has 0 rings (SSSR count). The predicted molar refractivity (Wildman–Crippen MR) is 74.9 cm³/mol. The molecule has 7 nitrogen and oxygen atoms in total. The van der Waals surface area contributed by atoms with E-state index < -0.39 is 17.9 Å². The van der Waals surface area contributed by atoms with Crippen LogP contribution in [0.25, 0.3) is 0 Å². The van der Waals surface area contributed by atoms with E-state index in [1.54, 1.807) is 0 Å². The van der Waals surface area contributed by atoms with E-state index in [1.807, 2.05) is 0 Å². The molecule has 0 heterocycles. The lowest BCUT2D eigenvalue weighted by Gasteiger charge is -2.21. The van der Waals surface area contributed by atoms with Crippen LogP contribution in [0.2, 0.25) is 0 Å². The number of hydrogen-bond acceptors (Lipinski definition) is 7. The molecule has 0 radical (unpaired) electrons. The number of rotatable bonds is 11. The van der Waals surface area contributed by atoms with Crippen molar-refractivity contribution in [3.05, 3.63) is 0 Å². The molecule has 0 saturated heterocycles. The van der Waals surface area contributed by atoms with Crippen molar-refractivity contribution in [1.82, 2.24) is 4.90 Å². The molecule has 0 amide bonds. The second-order valence-corrected chi connectivity index (χ2v) is 4.76. The molecule has 0 fully saturated rings. The van der Waals surface area contributed by atoms with E-state index in [0.29, 0.717) is 12.8 Å². The molecule has 0 atom stereocenters. The standard InChI is InChI=1S/C13H27N3O4/c1-3-8-16(9-4-2)10-6-5-7-11(12(17)19-14)13(18)20-15/h11H,3-10,14-15H2,1-2H3. The first-order valence-electron chi connectivity index (χ1n) is 7.14. The summed E-state index contributed by atoms with van der Waals surface area (Å²) < 4.78 is 0. The molecule has 4 N–H and O–H groups in total. The number of carbonyl (C=O) groups excluding carboxylic acids is 2. The predicted octanol–water partition coefficient (Wildman–Crippen LogP) is 0.729. The zero-order valence-corrected chi connectivity index (χ0v) is 12.5. The summed E-state index contributed by atoms with van der Waals surface area (Å²) in [4.78, 5) is 33.2. The van der Waals surface area contributed by atoms with Gasteiger partial charge in [-0.25, -0.2) is 9.59 Å². The Hall–Kier alpha value is -1.18. The number of hydrogen-bond donors (Lipinski definition) is 2. The molecule has 0 aromatic rings. The van der Waals surface area contributed by atoms with Crippen LogP contribution in [-0.2, 0) is 19.3 Å². The van der Waals surface area contributed by atoms with Crippen LogP contribution >= 0.6 is 0 Å². The first-order chi connectivity index (χ1) is 9.60. The topological polar surface area (TPSA) is 108 Å². The minimum Gasteiger partial charge on any atom is -0.373 e. The largest absolute Gasteiger partial charge is 0.373 e. The van der Waals surface area contributed by atoms with Gasteiger partial charge in [-0.3, -0.25) is 0 Å². The summed E-state index contributed by atoms with van der Waals surface area (Å²) in [5.74, 6) is 6.94. The summed E-state index contributed by atoms with van der Waals surface area (Å²) >= 11 is 0. The van der Waals surface area contributed by atoms with E-state index in [-0.39, 0.29) is 0 Å². The van der Waals surface area contributed by atoms with Gasteiger partial charge >= 0.3 is 11.9 Å². The molecule has 20 heavy (non-hydrogen) atoms. The van der Waals surface area contributed by atoms with E-state index in [4.69, 9.17) is 11.8 Å². The molecule has 7 heteroatoms. The van der Waals surface area contributed by atoms with Gasteiger partial charge in [-0.1, -0.05) is 20.3 Å². The van der Waals surface area contributed by atoms with Gasteiger partial charge in [0.25, 0.3) is 0 Å². The Morgan fingerprint density at radius 2 is 1.45 bits per heavy atom. The minimum atomic E-state index is -1.03. The quantitative estimate of drug-likeness (QED) is 0.328. The number of carbonyl (C=O) groups is 2. The van der Waals surface area contributed by atoms with Gasteiger partial charge in [0.05, 0.1) is 0 Å². The monoisotopic (exact) mass is 289 g/mol. The lowest BCUT2D eigenvalue weighted by atomic mass is 10.0.